The molecule has 0 aromatic heterocycles. The summed E-state index contributed by atoms with van der Waals surface area (Å²) in [4.78, 5) is 161. The second-order valence-electron chi connectivity index (χ2n) is 34.5. The molecule has 0 saturated carbocycles. The average molecular weight is 1850 g/mol. The van der Waals surface area contributed by atoms with Crippen LogP contribution >= 0.6 is 0 Å². The highest BCUT2D eigenvalue weighted by Crippen LogP contribution is 2.34. The Kier molecular flexibility index (Phi) is 51.7. The van der Waals surface area contributed by atoms with Gasteiger partial charge in [-0.1, -0.05) is 20.8 Å². The van der Waals surface area contributed by atoms with E-state index in [0.29, 0.717) is 58.1 Å². The highest BCUT2D eigenvalue weighted by atomic mass is 16.7. The van der Waals surface area contributed by atoms with E-state index in [0.717, 1.165) is 12.8 Å². The molecule has 742 valence electrons. The van der Waals surface area contributed by atoms with Crippen LogP contribution in [-0.2, 0) is 100 Å². The second kappa shape index (κ2) is 59.4. The Morgan fingerprint density at radius 2 is 0.705 bits per heavy atom. The number of carbonyl (C=O) groups is 12. The molecule has 129 heavy (non-hydrogen) atoms. The van der Waals surface area contributed by atoms with E-state index in [1.807, 2.05) is 25.7 Å². The molecule has 23 N–H and O–H groups in total. The lowest BCUT2D eigenvalue weighted by molar-refractivity contribution is -0.270. The molecule has 24 unspecified atom stereocenters. The Balaban J connectivity index is 1.28. The number of carbonyl (C=O) groups excluding carboxylic acids is 12. The summed E-state index contributed by atoms with van der Waals surface area (Å²) in [5.74, 6) is -6.17. The van der Waals surface area contributed by atoms with Gasteiger partial charge >= 0.3 is 0 Å². The number of hydrogen-bond acceptors (Lipinski definition) is 33. The minimum Gasteiger partial charge on any atom is -0.394 e. The molecule has 0 aromatic rings. The third-order valence-corrected chi connectivity index (χ3v) is 23.5. The Morgan fingerprint density at radius 1 is 0.395 bits per heavy atom. The second-order valence-corrected chi connectivity index (χ2v) is 34.5. The lowest BCUT2D eigenvalue weighted by Gasteiger charge is -2.42. The molecule has 5 fully saturated rings. The van der Waals surface area contributed by atoms with Crippen LogP contribution in [0.25, 0.3) is 0 Å². The summed E-state index contributed by atoms with van der Waals surface area (Å²) < 4.78 is 51.1. The van der Waals surface area contributed by atoms with E-state index in [4.69, 9.17) is 42.6 Å². The monoisotopic (exact) mass is 1850 g/mol. The summed E-state index contributed by atoms with van der Waals surface area (Å²) in [6.45, 7) is 9.19. The topological polar surface area (TPSA) is 666 Å². The molecule has 5 aliphatic rings. The molecule has 5 aliphatic heterocycles. The number of nitrogens with zero attached hydrogens (tertiary/aromatic N) is 1. The molecule has 0 aromatic carbocycles. The maximum absolute atomic E-state index is 14.9. The van der Waals surface area contributed by atoms with E-state index >= 15 is 0 Å². The molecule has 0 spiro atoms. The summed E-state index contributed by atoms with van der Waals surface area (Å²) in [5.41, 5.74) is -0.653. The van der Waals surface area contributed by atoms with Gasteiger partial charge in [0.2, 0.25) is 70.9 Å². The third kappa shape index (κ3) is 38.7. The molecule has 0 aliphatic carbocycles. The quantitative estimate of drug-likeness (QED) is 0.0252. The normalized spacial score (nSPS) is 27.9. The lowest BCUT2D eigenvalue weighted by Crippen LogP contribution is -2.64. The first-order valence-electron chi connectivity index (χ1n) is 45.2. The van der Waals surface area contributed by atoms with E-state index in [1.165, 1.54) is 27.7 Å². The van der Waals surface area contributed by atoms with Crippen molar-refractivity contribution in [2.45, 2.75) is 349 Å². The summed E-state index contributed by atoms with van der Waals surface area (Å²) in [6, 6.07) is -8.41. The van der Waals surface area contributed by atoms with Gasteiger partial charge in [0.15, 0.2) is 25.2 Å². The fourth-order valence-electron chi connectivity index (χ4n) is 15.6. The minimum absolute atomic E-state index is 0.00288. The van der Waals surface area contributed by atoms with Crippen LogP contribution in [0.2, 0.25) is 0 Å². The van der Waals surface area contributed by atoms with Crippen molar-refractivity contribution in [3.63, 3.8) is 0 Å². The van der Waals surface area contributed by atoms with Gasteiger partial charge in [0.25, 0.3) is 0 Å². The SMILES string of the molecule is COC[C@@H]1CCCN1C(=O)CC(C)(C)C(C)CNC(=O)C(CCCCNC(=O)C(CCCCNC(=O)CCCCOC1OC(CO)C(O)C(O)C1NC(C)=O)NC(=O)CCCCOC1OC(CO)C(O)C(O)C1NC(C)=O)NC(=O)C(CCCCNC(=O)CCCCOC1OC(CO)C(O)C(O)C1NC(C)=O)NC(=O)CCCCOC1OC(CO)C(O)C(O)C1NC(C)=O. The van der Waals surface area contributed by atoms with Crippen molar-refractivity contribution in [3.05, 3.63) is 0 Å². The first-order valence-corrected chi connectivity index (χ1v) is 45.2. The standard InChI is InChI=1S/C84H148N12O33/c1-47(84(6,7)40-64(109)96-35-23-24-52(96)46-121-8)41-88-78(119)54(95-79(120)55(94-63(108)31-15-22-39-125-83-68(92-51(5)104)76(117)72(113)59(45-100)129-83)27-10-17-33-86-61(106)29-13-20-37-123-81-66(90-49(3)102)74(115)70(111)57(43-98)127-81)26-11-18-34-87-77(118)53(93-62(107)30-14-21-38-124-82-67(91-50(4)103)75(116)71(112)58(44-99)128-82)25-9-16-32-85-60(105)28-12-19-36-122-80-65(89-48(2)101)73(114)69(110)56(42-97)126-80/h47,52-59,65-76,80-83,97-100,110-117H,9-46H2,1-8H3,(H,85,105)(H,86,106)(H,87,118)(H,88,119)(H,89,101)(H,90,102)(H,91,103)(H,92,104)(H,93,107)(H,94,108)(H,95,120)/t47?,52-,53?,54?,55?,56?,57?,58?,59?,65?,66?,67?,68?,69?,70?,71?,72?,73?,74?,75?,76?,80?,81?,82?,83?/m0/s1. The Labute approximate surface area is 752 Å². The van der Waals surface area contributed by atoms with Gasteiger partial charge in [-0.2, -0.15) is 0 Å². The molecule has 45 nitrogen and oxygen atoms in total. The zero-order valence-corrected chi connectivity index (χ0v) is 75.7. The number of nitrogens with one attached hydrogen (secondary N) is 11. The van der Waals surface area contributed by atoms with E-state index in [2.05, 4.69) is 58.5 Å². The summed E-state index contributed by atoms with van der Waals surface area (Å²) in [6.07, 6.45) is -16.5. The first kappa shape index (κ1) is 112. The molecule has 0 bridgehead atoms. The van der Waals surface area contributed by atoms with Gasteiger partial charge in [0, 0.05) is 126 Å². The number of amides is 12. The maximum Gasteiger partial charge on any atom is 0.243 e. The van der Waals surface area contributed by atoms with Crippen LogP contribution in [0.3, 0.4) is 0 Å². The van der Waals surface area contributed by atoms with E-state index in [9.17, 15) is 119 Å². The lowest BCUT2D eigenvalue weighted by atomic mass is 9.76. The van der Waals surface area contributed by atoms with Crippen molar-refractivity contribution in [3.8, 4) is 0 Å². The molecule has 0 radical (unpaired) electrons. The highest BCUT2D eigenvalue weighted by molar-refractivity contribution is 5.92. The van der Waals surface area contributed by atoms with Crippen LogP contribution < -0.4 is 58.5 Å². The molecule has 25 atom stereocenters. The van der Waals surface area contributed by atoms with Crippen molar-refractivity contribution in [2.24, 2.45) is 11.3 Å². The van der Waals surface area contributed by atoms with Crippen LogP contribution in [0.4, 0.5) is 0 Å². The zero-order chi connectivity index (χ0) is 95.5. The van der Waals surface area contributed by atoms with Gasteiger partial charge in [-0.05, 0) is 133 Å². The van der Waals surface area contributed by atoms with Crippen LogP contribution in [0, 0.1) is 11.3 Å². The highest BCUT2D eigenvalue weighted by Gasteiger charge is 2.50. The zero-order valence-electron chi connectivity index (χ0n) is 75.7. The smallest absolute Gasteiger partial charge is 0.243 e. The predicted molar refractivity (Wildman–Crippen MR) is 454 cm³/mol. The maximum atomic E-state index is 14.9. The van der Waals surface area contributed by atoms with E-state index in [-0.39, 0.29) is 179 Å². The molecular formula is C84H148N12O33. The summed E-state index contributed by atoms with van der Waals surface area (Å²) >= 11 is 0. The molecule has 45 heteroatoms. The Bertz CT molecular complexity index is 3420. The Morgan fingerprint density at radius 3 is 1.03 bits per heavy atom. The van der Waals surface area contributed by atoms with Gasteiger partial charge in [0.1, 0.15) is 116 Å². The van der Waals surface area contributed by atoms with E-state index in [1.54, 1.807) is 7.11 Å². The number of aliphatic hydroxyl groups is 12. The molecule has 5 saturated heterocycles. The van der Waals surface area contributed by atoms with Crippen molar-refractivity contribution in [1.82, 2.24) is 63.4 Å². The Hall–Kier alpha value is -7.20. The molecule has 5 heterocycles. The molecular weight excluding hydrogens is 1700 g/mol. The van der Waals surface area contributed by atoms with Gasteiger partial charge in [0.05, 0.1) is 39.1 Å². The number of likely N-dealkylation sites (tertiary alicyclic amines) is 1. The van der Waals surface area contributed by atoms with Crippen molar-refractivity contribution >= 4 is 70.9 Å². The van der Waals surface area contributed by atoms with Gasteiger partial charge in [-0.25, -0.2) is 0 Å². The summed E-state index contributed by atoms with van der Waals surface area (Å²) in [5, 5.41) is 153. The fraction of sp³-hybridized carbons (Fsp3) is 0.857. The van der Waals surface area contributed by atoms with Gasteiger partial charge in [-0.15, -0.1) is 0 Å². The predicted octanol–water partition coefficient (Wildman–Crippen LogP) is -6.37. The number of rotatable bonds is 60. The molecule has 12 amide bonds. The number of unbranched alkanes of at least 4 members (excludes halogenated alkanes) is 7. The number of hydrogen-bond donors (Lipinski definition) is 23. The number of ether oxygens (including phenoxy) is 9. The van der Waals surface area contributed by atoms with Crippen LogP contribution in [0.5, 0.6) is 0 Å². The largest absolute Gasteiger partial charge is 0.394 e. The van der Waals surface area contributed by atoms with Crippen LogP contribution in [0.1, 0.15) is 203 Å². The molecule has 5 rings (SSSR count). The first-order chi connectivity index (χ1) is 61.4. The summed E-state index contributed by atoms with van der Waals surface area (Å²) in [7, 11) is 1.58. The van der Waals surface area contributed by atoms with Crippen molar-refractivity contribution < 1.29 is 161 Å². The van der Waals surface area contributed by atoms with Crippen LogP contribution in [0.15, 0.2) is 0 Å². The fourth-order valence-corrected chi connectivity index (χ4v) is 15.6. The van der Waals surface area contributed by atoms with E-state index < -0.39 is 226 Å². The minimum atomic E-state index is -1.57. The van der Waals surface area contributed by atoms with Gasteiger partial charge in [-0.3, -0.25) is 57.5 Å². The number of aliphatic hydroxyl groups excluding tert-OH is 12. The number of methoxy groups -OCH3 is 1. The third-order valence-electron chi connectivity index (χ3n) is 23.5. The average Bonchev–Trinajstić information content (AvgIpc) is 1.47. The van der Waals surface area contributed by atoms with Crippen molar-refractivity contribution in [1.29, 1.82) is 0 Å². The van der Waals surface area contributed by atoms with Crippen LogP contribution in [-0.4, -0.2) is 383 Å². The van der Waals surface area contributed by atoms with Crippen molar-refractivity contribution in [2.75, 3.05) is 99.3 Å². The van der Waals surface area contributed by atoms with Gasteiger partial charge < -0.3 is 167 Å².